The van der Waals surface area contributed by atoms with E-state index in [9.17, 15) is 14.4 Å². The maximum Gasteiger partial charge on any atom is 0.265 e. The molecule has 0 radical (unpaired) electrons. The van der Waals surface area contributed by atoms with Gasteiger partial charge < -0.3 is 19.3 Å². The molecule has 3 aliphatic rings. The highest BCUT2D eigenvalue weighted by atomic mass is 35.5. The minimum Gasteiger partial charge on any atom is -0.482 e. The van der Waals surface area contributed by atoms with Crippen molar-refractivity contribution in [3.63, 3.8) is 0 Å². The Hall–Kier alpha value is -3.63. The zero-order valence-corrected chi connectivity index (χ0v) is 26.7. The van der Waals surface area contributed by atoms with E-state index in [0.717, 1.165) is 55.7 Å². The Kier molecular flexibility index (Phi) is 9.61. The lowest BCUT2D eigenvalue weighted by molar-refractivity contribution is -0.133. The van der Waals surface area contributed by atoms with Crippen molar-refractivity contribution < 1.29 is 23.9 Å². The number of hydrogen-bond donors (Lipinski definition) is 0. The molecule has 2 saturated heterocycles. The van der Waals surface area contributed by atoms with Gasteiger partial charge in [0.05, 0.1) is 35.0 Å². The average Bonchev–Trinajstić information content (AvgIpc) is 3.61. The number of amides is 3. The van der Waals surface area contributed by atoms with E-state index in [1.54, 1.807) is 24.1 Å². The molecule has 236 valence electrons. The monoisotopic (exact) mass is 650 g/mol. The summed E-state index contributed by atoms with van der Waals surface area (Å²) in [6.45, 7) is 4.66. The summed E-state index contributed by atoms with van der Waals surface area (Å²) < 4.78 is 11.1. The van der Waals surface area contributed by atoms with Crippen molar-refractivity contribution in [2.45, 2.75) is 18.9 Å². The van der Waals surface area contributed by atoms with Gasteiger partial charge >= 0.3 is 0 Å². The van der Waals surface area contributed by atoms with Gasteiger partial charge in [-0.15, -0.1) is 0 Å². The number of rotatable bonds is 8. The quantitative estimate of drug-likeness (QED) is 0.335. The summed E-state index contributed by atoms with van der Waals surface area (Å²) in [5.41, 5.74) is 4.05. The molecule has 6 rings (SSSR count). The van der Waals surface area contributed by atoms with Crippen LogP contribution in [0.25, 0.3) is 11.1 Å². The topological polar surface area (TPSA) is 82.6 Å². The van der Waals surface area contributed by atoms with E-state index in [0.29, 0.717) is 41.8 Å². The molecular weight excluding hydrogens is 615 g/mol. The van der Waals surface area contributed by atoms with Crippen molar-refractivity contribution in [2.75, 3.05) is 71.0 Å². The number of anilines is 1. The number of carbonyl (C=O) groups excluding carboxylic acids is 3. The van der Waals surface area contributed by atoms with Crippen LogP contribution < -0.4 is 9.64 Å². The number of ether oxygens (including phenoxy) is 2. The van der Waals surface area contributed by atoms with Gasteiger partial charge in [-0.2, -0.15) is 0 Å². The Labute approximate surface area is 273 Å². The molecule has 3 aromatic carbocycles. The lowest BCUT2D eigenvalue weighted by Gasteiger charge is -2.37. The third kappa shape index (κ3) is 6.97. The molecule has 0 spiro atoms. The summed E-state index contributed by atoms with van der Waals surface area (Å²) in [5.74, 6) is -0.0767. The number of halogens is 2. The first-order valence-corrected chi connectivity index (χ1v) is 16.0. The van der Waals surface area contributed by atoms with Gasteiger partial charge in [0.25, 0.3) is 11.8 Å². The molecule has 0 aromatic heterocycles. The van der Waals surface area contributed by atoms with Gasteiger partial charge in [-0.05, 0) is 53.8 Å². The molecule has 9 nitrogen and oxygen atoms in total. The first kappa shape index (κ1) is 31.4. The normalized spacial score (nSPS) is 17.5. The van der Waals surface area contributed by atoms with Crippen LogP contribution in [0.5, 0.6) is 5.75 Å². The van der Waals surface area contributed by atoms with Gasteiger partial charge in [-0.3, -0.25) is 24.2 Å². The van der Waals surface area contributed by atoms with E-state index in [-0.39, 0.29) is 41.9 Å². The lowest BCUT2D eigenvalue weighted by atomic mass is 9.97. The summed E-state index contributed by atoms with van der Waals surface area (Å²) in [6.07, 6.45) is 2.11. The fourth-order valence-electron chi connectivity index (χ4n) is 6.10. The van der Waals surface area contributed by atoms with Crippen molar-refractivity contribution >= 4 is 46.6 Å². The molecule has 3 amide bonds. The number of benzene rings is 3. The van der Waals surface area contributed by atoms with Crippen LogP contribution >= 0.6 is 23.2 Å². The predicted octanol–water partition coefficient (Wildman–Crippen LogP) is 5.15. The molecule has 0 N–H and O–H groups in total. The second kappa shape index (κ2) is 13.8. The molecule has 0 aliphatic carbocycles. The summed E-state index contributed by atoms with van der Waals surface area (Å²) in [6, 6.07) is 18.7. The Morgan fingerprint density at radius 2 is 1.62 bits per heavy atom. The number of likely N-dealkylation sites (N-methyl/N-ethyl adjacent to an activating group) is 1. The highest BCUT2D eigenvalue weighted by Gasteiger charge is 2.32. The largest absolute Gasteiger partial charge is 0.482 e. The number of hydrogen-bond acceptors (Lipinski definition) is 6. The molecule has 0 saturated carbocycles. The minimum absolute atomic E-state index is 0.0743. The fraction of sp³-hybridized carbons (Fsp3) is 0.382. The van der Waals surface area contributed by atoms with Crippen molar-refractivity contribution in [2.24, 2.45) is 0 Å². The minimum atomic E-state index is -0.332. The summed E-state index contributed by atoms with van der Waals surface area (Å²) in [4.78, 5) is 47.0. The van der Waals surface area contributed by atoms with Gasteiger partial charge in [0.1, 0.15) is 12.3 Å². The van der Waals surface area contributed by atoms with Crippen LogP contribution in [-0.2, 0) is 14.3 Å². The van der Waals surface area contributed by atoms with Crippen molar-refractivity contribution in [3.8, 4) is 16.9 Å². The van der Waals surface area contributed by atoms with Crippen LogP contribution in [0.3, 0.4) is 0 Å². The zero-order chi connectivity index (χ0) is 31.5. The maximum absolute atomic E-state index is 13.9. The van der Waals surface area contributed by atoms with Crippen LogP contribution in [0.2, 0.25) is 10.0 Å². The maximum atomic E-state index is 13.9. The molecule has 45 heavy (non-hydrogen) atoms. The molecule has 3 aliphatic heterocycles. The molecule has 3 heterocycles. The van der Waals surface area contributed by atoms with Gasteiger partial charge in [0, 0.05) is 51.4 Å². The van der Waals surface area contributed by atoms with Crippen LogP contribution in [0.4, 0.5) is 5.69 Å². The first-order valence-electron chi connectivity index (χ1n) is 15.3. The number of fused-ring (bicyclic) bond motifs is 1. The molecule has 11 heteroatoms. The van der Waals surface area contributed by atoms with Crippen molar-refractivity contribution in [1.82, 2.24) is 14.7 Å². The average molecular weight is 652 g/mol. The highest BCUT2D eigenvalue weighted by Crippen LogP contribution is 2.39. The summed E-state index contributed by atoms with van der Waals surface area (Å²) in [5, 5.41) is 0.585. The van der Waals surface area contributed by atoms with E-state index >= 15 is 0 Å². The molecule has 2 fully saturated rings. The van der Waals surface area contributed by atoms with Gasteiger partial charge in [0.15, 0.2) is 6.61 Å². The van der Waals surface area contributed by atoms with E-state index < -0.39 is 0 Å². The Morgan fingerprint density at radius 1 is 0.911 bits per heavy atom. The summed E-state index contributed by atoms with van der Waals surface area (Å²) >= 11 is 12.4. The Balaban J connectivity index is 1.25. The predicted molar refractivity (Wildman–Crippen MR) is 174 cm³/mol. The Morgan fingerprint density at radius 3 is 2.36 bits per heavy atom. The lowest BCUT2D eigenvalue weighted by Crippen LogP contribution is -2.48. The third-order valence-electron chi connectivity index (χ3n) is 8.76. The second-order valence-electron chi connectivity index (χ2n) is 11.6. The molecule has 3 aromatic rings. The molecule has 1 atom stereocenters. The molecular formula is C34H36Cl2N4O5. The molecule has 1 unspecified atom stereocenters. The number of likely N-dealkylation sites (tertiary alicyclic amines) is 1. The zero-order valence-electron chi connectivity index (χ0n) is 25.2. The van der Waals surface area contributed by atoms with Gasteiger partial charge in [0.2, 0.25) is 5.91 Å². The highest BCUT2D eigenvalue weighted by molar-refractivity contribution is 6.42. The van der Waals surface area contributed by atoms with E-state index in [2.05, 4.69) is 11.0 Å². The standard InChI is InChI=1S/C34H36Cl2N4O5/c1-37(32(41)21-40-29-18-27(35)28(36)19-31(29)45-22-33(40)42)30(20-38-13-15-44-16-14-38)26-6-4-5-25(17-26)23-7-9-24(10-8-23)34(43)39-11-2-3-12-39/h4-10,17-19,30H,2-3,11-16,20-22H2,1H3. The third-order valence-corrected chi connectivity index (χ3v) is 9.49. The summed E-state index contributed by atoms with van der Waals surface area (Å²) in [7, 11) is 1.78. The van der Waals surface area contributed by atoms with E-state index in [1.807, 2.05) is 47.4 Å². The molecule has 0 bridgehead atoms. The SMILES string of the molecule is CN(C(=O)CN1C(=O)COc2cc(Cl)c(Cl)cc21)C(CN1CCOCC1)c1cccc(-c2ccc(C(=O)N3CCCC3)cc2)c1. The smallest absolute Gasteiger partial charge is 0.265 e. The first-order chi connectivity index (χ1) is 21.8. The van der Waals surface area contributed by atoms with E-state index in [1.165, 1.54) is 4.90 Å². The number of morpholine rings is 1. The van der Waals surface area contributed by atoms with Gasteiger partial charge in [-0.1, -0.05) is 53.5 Å². The van der Waals surface area contributed by atoms with Crippen LogP contribution in [-0.4, -0.2) is 98.6 Å². The fourth-order valence-corrected chi connectivity index (χ4v) is 6.42. The second-order valence-corrected chi connectivity index (χ2v) is 12.5. The van der Waals surface area contributed by atoms with Crippen LogP contribution in [0.15, 0.2) is 60.7 Å². The van der Waals surface area contributed by atoms with E-state index in [4.69, 9.17) is 32.7 Å². The van der Waals surface area contributed by atoms with Crippen molar-refractivity contribution in [3.05, 3.63) is 81.8 Å². The van der Waals surface area contributed by atoms with Crippen LogP contribution in [0.1, 0.15) is 34.8 Å². The van der Waals surface area contributed by atoms with Gasteiger partial charge in [-0.25, -0.2) is 0 Å². The Bertz CT molecular complexity index is 1570. The number of carbonyl (C=O) groups is 3. The number of nitrogens with zero attached hydrogens (tertiary/aromatic N) is 4. The van der Waals surface area contributed by atoms with Crippen molar-refractivity contribution in [1.29, 1.82) is 0 Å². The van der Waals surface area contributed by atoms with Crippen LogP contribution in [0, 0.1) is 0 Å².